The molecule has 1 aliphatic carbocycles. The van der Waals surface area contributed by atoms with Gasteiger partial charge in [-0.2, -0.15) is 0 Å². The number of nitrogens with two attached hydrogens (primary N) is 2. The molecule has 4 N–H and O–H groups in total. The predicted octanol–water partition coefficient (Wildman–Crippen LogP) is 3.62. The van der Waals surface area contributed by atoms with Gasteiger partial charge in [0.1, 0.15) is 9.71 Å². The fourth-order valence-corrected chi connectivity index (χ4v) is 5.13. The average Bonchev–Trinajstić information content (AvgIpc) is 3.13. The van der Waals surface area contributed by atoms with E-state index in [2.05, 4.69) is 18.8 Å². The third-order valence-electron chi connectivity index (χ3n) is 4.66. The molecule has 3 aromatic heterocycles. The molecule has 0 bridgehead atoms. The Kier molecular flexibility index (Phi) is 3.40. The Hall–Kier alpha value is -1.99. The molecule has 0 radical (unpaired) electrons. The van der Waals surface area contributed by atoms with Crippen molar-refractivity contribution in [3.05, 3.63) is 27.8 Å². The van der Waals surface area contributed by atoms with Gasteiger partial charge >= 0.3 is 0 Å². The number of nitrogen functional groups attached to an aromatic ring is 1. The van der Waals surface area contributed by atoms with Crippen LogP contribution < -0.4 is 11.5 Å². The lowest BCUT2D eigenvalue weighted by atomic mass is 9.74. The Bertz CT molecular complexity index is 957. The van der Waals surface area contributed by atoms with E-state index in [1.165, 1.54) is 16.9 Å². The van der Waals surface area contributed by atoms with Crippen LogP contribution in [-0.4, -0.2) is 15.9 Å². The molecule has 0 aliphatic heterocycles. The van der Waals surface area contributed by atoms with Gasteiger partial charge in [0.25, 0.3) is 5.91 Å². The Morgan fingerprint density at radius 3 is 2.83 bits per heavy atom. The summed E-state index contributed by atoms with van der Waals surface area (Å²) in [4.78, 5) is 23.0. The fourth-order valence-electron chi connectivity index (χ4n) is 3.45. The second-order valence-electron chi connectivity index (χ2n) is 7.01. The van der Waals surface area contributed by atoms with Crippen LogP contribution in [0.15, 0.2) is 11.7 Å². The molecule has 0 atom stereocenters. The lowest BCUT2D eigenvalue weighted by molar-refractivity contribution is 0.100. The molecule has 0 fully saturated rings. The maximum Gasteiger partial charge on any atom is 0.260 e. The average molecular weight is 358 g/mol. The highest BCUT2D eigenvalue weighted by Crippen LogP contribution is 2.47. The molecule has 0 spiro atoms. The SMILES string of the molecule is CC1(C)CCc2nc3sc(C(N)=O)c(N)c3c(-c3cncs3)c2C1. The van der Waals surface area contributed by atoms with Crippen LogP contribution in [0.4, 0.5) is 5.69 Å². The number of thiazole rings is 1. The van der Waals surface area contributed by atoms with E-state index in [-0.39, 0.29) is 5.41 Å². The highest BCUT2D eigenvalue weighted by Gasteiger charge is 2.31. The van der Waals surface area contributed by atoms with Crippen LogP contribution in [0.1, 0.15) is 41.2 Å². The minimum Gasteiger partial charge on any atom is -0.397 e. The maximum atomic E-state index is 11.7. The highest BCUT2D eigenvalue weighted by atomic mass is 32.1. The van der Waals surface area contributed by atoms with Gasteiger partial charge in [-0.15, -0.1) is 22.7 Å². The zero-order valence-electron chi connectivity index (χ0n) is 13.5. The van der Waals surface area contributed by atoms with Crippen molar-refractivity contribution in [2.75, 3.05) is 5.73 Å². The second kappa shape index (κ2) is 5.26. The van der Waals surface area contributed by atoms with E-state index in [1.807, 2.05) is 11.7 Å². The van der Waals surface area contributed by atoms with Gasteiger partial charge in [-0.05, 0) is 30.2 Å². The first kappa shape index (κ1) is 15.5. The summed E-state index contributed by atoms with van der Waals surface area (Å²) in [6.07, 6.45) is 4.85. The first-order valence-electron chi connectivity index (χ1n) is 7.80. The molecule has 0 aromatic carbocycles. The molecule has 7 heteroatoms. The summed E-state index contributed by atoms with van der Waals surface area (Å²) in [6, 6.07) is 0. The lowest BCUT2D eigenvalue weighted by Gasteiger charge is -2.32. The zero-order valence-corrected chi connectivity index (χ0v) is 15.2. The molecule has 3 aromatic rings. The van der Waals surface area contributed by atoms with Gasteiger partial charge in [-0.3, -0.25) is 9.78 Å². The van der Waals surface area contributed by atoms with Crippen molar-refractivity contribution in [3.8, 4) is 10.4 Å². The van der Waals surface area contributed by atoms with Crippen LogP contribution in [0.3, 0.4) is 0 Å². The van der Waals surface area contributed by atoms with Gasteiger partial charge in [0, 0.05) is 22.8 Å². The lowest BCUT2D eigenvalue weighted by Crippen LogP contribution is -2.23. The van der Waals surface area contributed by atoms with Gasteiger partial charge in [0.2, 0.25) is 0 Å². The monoisotopic (exact) mass is 358 g/mol. The molecule has 1 aliphatic rings. The number of hydrogen-bond donors (Lipinski definition) is 2. The van der Waals surface area contributed by atoms with E-state index in [0.717, 1.165) is 45.6 Å². The number of carbonyl (C=O) groups is 1. The van der Waals surface area contributed by atoms with Crippen LogP contribution >= 0.6 is 22.7 Å². The minimum absolute atomic E-state index is 0.221. The number of primary amides is 1. The number of amides is 1. The third kappa shape index (κ3) is 2.31. The predicted molar refractivity (Wildman–Crippen MR) is 99.5 cm³/mol. The molecule has 0 saturated heterocycles. The Morgan fingerprint density at radius 2 is 2.17 bits per heavy atom. The van der Waals surface area contributed by atoms with Crippen LogP contribution in [0.25, 0.3) is 20.7 Å². The number of aryl methyl sites for hydroxylation is 1. The number of rotatable bonds is 2. The topological polar surface area (TPSA) is 94.9 Å². The number of thiophene rings is 1. The van der Waals surface area contributed by atoms with Crippen molar-refractivity contribution in [3.63, 3.8) is 0 Å². The summed E-state index contributed by atoms with van der Waals surface area (Å²) in [5.74, 6) is -0.496. The summed E-state index contributed by atoms with van der Waals surface area (Å²) in [7, 11) is 0. The van der Waals surface area contributed by atoms with Crippen molar-refractivity contribution >= 4 is 44.5 Å². The summed E-state index contributed by atoms with van der Waals surface area (Å²) < 4.78 is 0. The molecule has 3 heterocycles. The van der Waals surface area contributed by atoms with Crippen LogP contribution in [0.2, 0.25) is 0 Å². The van der Waals surface area contributed by atoms with E-state index in [9.17, 15) is 4.79 Å². The Balaban J connectivity index is 2.11. The van der Waals surface area contributed by atoms with Crippen molar-refractivity contribution in [2.45, 2.75) is 33.1 Å². The highest BCUT2D eigenvalue weighted by molar-refractivity contribution is 7.21. The van der Waals surface area contributed by atoms with Crippen molar-refractivity contribution in [2.24, 2.45) is 11.1 Å². The number of hydrogen-bond acceptors (Lipinski definition) is 6. The Labute approximate surface area is 147 Å². The van der Waals surface area contributed by atoms with Gasteiger partial charge in [0.15, 0.2) is 0 Å². The van der Waals surface area contributed by atoms with Gasteiger partial charge in [0.05, 0.1) is 16.1 Å². The quantitative estimate of drug-likeness (QED) is 0.731. The molecule has 0 unspecified atom stereocenters. The molecule has 1 amide bonds. The first-order chi connectivity index (χ1) is 11.4. The molecular formula is C17H18N4OS2. The van der Waals surface area contributed by atoms with Gasteiger partial charge < -0.3 is 11.5 Å². The third-order valence-corrected chi connectivity index (χ3v) is 6.56. The Morgan fingerprint density at radius 1 is 1.38 bits per heavy atom. The van der Waals surface area contributed by atoms with E-state index in [0.29, 0.717) is 10.6 Å². The van der Waals surface area contributed by atoms with Gasteiger partial charge in [-0.25, -0.2) is 4.98 Å². The summed E-state index contributed by atoms with van der Waals surface area (Å²) in [5.41, 5.74) is 17.7. The normalized spacial score (nSPS) is 16.2. The largest absolute Gasteiger partial charge is 0.397 e. The maximum absolute atomic E-state index is 11.7. The minimum atomic E-state index is -0.496. The van der Waals surface area contributed by atoms with Crippen LogP contribution in [0.5, 0.6) is 0 Å². The van der Waals surface area contributed by atoms with Crippen molar-refractivity contribution in [1.82, 2.24) is 9.97 Å². The van der Waals surface area contributed by atoms with E-state index < -0.39 is 5.91 Å². The summed E-state index contributed by atoms with van der Waals surface area (Å²) in [6.45, 7) is 4.56. The molecule has 5 nitrogen and oxygen atoms in total. The second-order valence-corrected chi connectivity index (χ2v) is 8.89. The molecule has 0 saturated carbocycles. The van der Waals surface area contributed by atoms with E-state index >= 15 is 0 Å². The van der Waals surface area contributed by atoms with Gasteiger partial charge in [-0.1, -0.05) is 13.8 Å². The number of aromatic nitrogens is 2. The molecule has 24 heavy (non-hydrogen) atoms. The fraction of sp³-hybridized carbons (Fsp3) is 0.353. The zero-order chi connectivity index (χ0) is 17.1. The smallest absolute Gasteiger partial charge is 0.260 e. The van der Waals surface area contributed by atoms with Crippen LogP contribution in [-0.2, 0) is 12.8 Å². The number of carbonyl (C=O) groups excluding carboxylic acids is 1. The van der Waals surface area contributed by atoms with E-state index in [1.54, 1.807) is 11.3 Å². The first-order valence-corrected chi connectivity index (χ1v) is 9.49. The van der Waals surface area contributed by atoms with Crippen LogP contribution in [0, 0.1) is 5.41 Å². The standard InChI is InChI=1S/C17H18N4OS2/c1-17(2)4-3-9-8(5-17)11(10-6-20-7-23-10)12-13(18)14(15(19)22)24-16(12)21-9/h6-7H,3-5,18H2,1-2H3,(H2,19,22). The molecular weight excluding hydrogens is 340 g/mol. The number of fused-ring (bicyclic) bond motifs is 2. The number of pyridine rings is 1. The number of nitrogens with zero attached hydrogens (tertiary/aromatic N) is 2. The van der Waals surface area contributed by atoms with Crippen molar-refractivity contribution in [1.29, 1.82) is 0 Å². The van der Waals surface area contributed by atoms with E-state index in [4.69, 9.17) is 16.5 Å². The van der Waals surface area contributed by atoms with Crippen molar-refractivity contribution < 1.29 is 4.79 Å². The molecule has 124 valence electrons. The summed E-state index contributed by atoms with van der Waals surface area (Å²) in [5, 5.41) is 0.856. The summed E-state index contributed by atoms with van der Waals surface area (Å²) >= 11 is 2.87. The number of anilines is 1. The molecule has 4 rings (SSSR count).